The van der Waals surface area contributed by atoms with E-state index in [1.54, 1.807) is 11.8 Å². The maximum absolute atomic E-state index is 11.9. The van der Waals surface area contributed by atoms with Crippen molar-refractivity contribution in [1.82, 2.24) is 4.90 Å². The Balaban J connectivity index is 1.60. The van der Waals surface area contributed by atoms with E-state index in [1.807, 2.05) is 20.8 Å². The Morgan fingerprint density at radius 3 is 2.78 bits per heavy atom. The fourth-order valence-electron chi connectivity index (χ4n) is 3.30. The van der Waals surface area contributed by atoms with Crippen LogP contribution in [0.25, 0.3) is 0 Å². The molecule has 0 N–H and O–H groups in total. The molecule has 0 bridgehead atoms. The predicted molar refractivity (Wildman–Crippen MR) is 109 cm³/mol. The third-order valence-electron chi connectivity index (χ3n) is 4.83. The van der Waals surface area contributed by atoms with Gasteiger partial charge in [0.1, 0.15) is 0 Å². The molecule has 0 aromatic carbocycles. The van der Waals surface area contributed by atoms with Crippen molar-refractivity contribution in [3.05, 3.63) is 23.7 Å². The van der Waals surface area contributed by atoms with Crippen LogP contribution >= 0.6 is 11.8 Å². The summed E-state index contributed by atoms with van der Waals surface area (Å²) in [5.41, 5.74) is -0.508. The average Bonchev–Trinajstić information content (AvgIpc) is 3.34. The molecule has 0 saturated carbocycles. The number of allylic oxidation sites excluding steroid dienone is 2. The Labute approximate surface area is 172 Å². The molecule has 0 radical (unpaired) electrons. The van der Waals surface area contributed by atoms with Crippen LogP contribution in [0.2, 0.25) is 0 Å². The fraction of sp³-hybridized carbons (Fsp3) is 0.667. The van der Waals surface area contributed by atoms with Crippen LogP contribution in [0.15, 0.2) is 29.1 Å². The first kappa shape index (κ1) is 20.9. The van der Waals surface area contributed by atoms with E-state index in [1.165, 1.54) is 16.2 Å². The Hall–Kier alpha value is -0.800. The topological polar surface area (TPSA) is 80.6 Å². The van der Waals surface area contributed by atoms with Gasteiger partial charge in [-0.2, -0.15) is 0 Å². The first-order chi connectivity index (χ1) is 12.9. The normalized spacial score (nSPS) is 23.1. The first-order valence-corrected chi connectivity index (χ1v) is 15.0. The zero-order valence-corrected chi connectivity index (χ0v) is 20.3. The number of likely N-dealkylation sites (tertiary alicyclic amines) is 1. The van der Waals surface area contributed by atoms with Crippen molar-refractivity contribution in [3.63, 3.8) is 0 Å². The average molecular weight is 495 g/mol. The monoisotopic (exact) mass is 495 g/mol. The number of carbonyl (C=O) groups is 1. The Morgan fingerprint density at radius 1 is 1.37 bits per heavy atom. The molecule has 0 unspecified atom stereocenters. The number of hydrogen-bond acceptors (Lipinski definition) is 8. The van der Waals surface area contributed by atoms with Gasteiger partial charge in [-0.1, -0.05) is 0 Å². The van der Waals surface area contributed by atoms with Crippen LogP contribution in [0.4, 0.5) is 0 Å². The van der Waals surface area contributed by atoms with E-state index in [0.717, 1.165) is 33.8 Å². The van der Waals surface area contributed by atoms with Gasteiger partial charge in [-0.3, -0.25) is 0 Å². The molecule has 0 aliphatic carbocycles. The Morgan fingerprint density at radius 2 is 2.11 bits per heavy atom. The summed E-state index contributed by atoms with van der Waals surface area (Å²) in [5, 5.41) is 3.71. The number of hydrogen-bond donors (Lipinski definition) is 0. The van der Waals surface area contributed by atoms with Gasteiger partial charge in [0.15, 0.2) is 0 Å². The van der Waals surface area contributed by atoms with E-state index in [9.17, 15) is 9.70 Å². The molecule has 0 spiro atoms. The number of esters is 1. The van der Waals surface area contributed by atoms with E-state index in [0.29, 0.717) is 6.61 Å². The van der Waals surface area contributed by atoms with E-state index in [4.69, 9.17) is 12.7 Å². The second kappa shape index (κ2) is 9.13. The minimum atomic E-state index is -2.89. The van der Waals surface area contributed by atoms with Crippen LogP contribution < -0.4 is 0 Å². The molecule has 7 nitrogen and oxygen atoms in total. The summed E-state index contributed by atoms with van der Waals surface area (Å²) in [4.78, 5) is 29.9. The third-order valence-corrected chi connectivity index (χ3v) is 13.4. The van der Waals surface area contributed by atoms with E-state index in [2.05, 4.69) is 22.4 Å². The summed E-state index contributed by atoms with van der Waals surface area (Å²) in [5.74, 6) is 0.565. The number of thioether (sulfide) groups is 1. The van der Waals surface area contributed by atoms with Crippen molar-refractivity contribution in [2.75, 3.05) is 32.0 Å². The van der Waals surface area contributed by atoms with Crippen LogP contribution in [0.1, 0.15) is 33.6 Å². The summed E-state index contributed by atoms with van der Waals surface area (Å²) in [7, 11) is 0. The van der Waals surface area contributed by atoms with Crippen LogP contribution in [-0.4, -0.2) is 75.8 Å². The third kappa shape index (κ3) is 5.38. The van der Waals surface area contributed by atoms with Crippen molar-refractivity contribution in [1.29, 1.82) is 0 Å². The van der Waals surface area contributed by atoms with Crippen molar-refractivity contribution in [3.8, 4) is 0 Å². The number of carbonyl (C=O) groups excluding carboxylic acids is 1. The molecule has 1 fully saturated rings. The fourth-order valence-corrected chi connectivity index (χ4v) is 11.4. The Kier molecular flexibility index (Phi) is 7.08. The summed E-state index contributed by atoms with van der Waals surface area (Å²) in [6, 6.07) is -0.0454. The second-order valence-electron chi connectivity index (χ2n) is 8.15. The van der Waals surface area contributed by atoms with Gasteiger partial charge in [-0.05, 0) is 0 Å². The van der Waals surface area contributed by atoms with Crippen LogP contribution in [0, 0.1) is 10.3 Å². The SMILES string of the molecule is CC(C)(C)C(=O)OC[C@@H]1CSC([C]2=CC=[C](CN3CCCC3)[In]2[O]N=O)=N1. The molecule has 0 aromatic heterocycles. The number of rotatable bonds is 7. The van der Waals surface area contributed by atoms with Gasteiger partial charge in [-0.25, -0.2) is 0 Å². The molecule has 3 aliphatic heterocycles. The molecule has 3 heterocycles. The molecule has 3 rings (SSSR count). The van der Waals surface area contributed by atoms with E-state index < -0.39 is 27.3 Å². The van der Waals surface area contributed by atoms with Crippen LogP contribution in [-0.2, 0) is 12.5 Å². The van der Waals surface area contributed by atoms with Gasteiger partial charge in [0.2, 0.25) is 0 Å². The van der Waals surface area contributed by atoms with Crippen molar-refractivity contribution >= 4 is 44.6 Å². The quantitative estimate of drug-likeness (QED) is 0.307. The van der Waals surface area contributed by atoms with Gasteiger partial charge in [0.05, 0.1) is 0 Å². The molecule has 27 heavy (non-hydrogen) atoms. The van der Waals surface area contributed by atoms with Crippen molar-refractivity contribution < 1.29 is 12.5 Å². The summed E-state index contributed by atoms with van der Waals surface area (Å²) in [6.45, 7) is 8.91. The molecule has 0 aromatic rings. The van der Waals surface area contributed by atoms with Crippen molar-refractivity contribution in [2.45, 2.75) is 39.7 Å². The molecular formula is C18H26InN3O4S. The number of ether oxygens (including phenoxy) is 1. The molecule has 1 saturated heterocycles. The molecule has 146 valence electrons. The van der Waals surface area contributed by atoms with Gasteiger partial charge in [0, 0.05) is 0 Å². The zero-order chi connectivity index (χ0) is 19.4. The summed E-state index contributed by atoms with van der Waals surface area (Å²) in [6.07, 6.45) is 6.64. The molecule has 9 heteroatoms. The van der Waals surface area contributed by atoms with E-state index >= 15 is 0 Å². The van der Waals surface area contributed by atoms with Crippen molar-refractivity contribution in [2.24, 2.45) is 15.7 Å². The molecule has 3 aliphatic rings. The first-order valence-electron chi connectivity index (χ1n) is 9.38. The minimum absolute atomic E-state index is 0.0454. The standard InChI is InChI=1S/C18H26N2O2S.In.HNO2/c1-18(2,3)17(21)22-13-15-14-23-16(19-15)9-5-4-6-10-20-11-7-8-12-20;;2-1-3/h4-5,15H,7-8,10-14H2,1-3H3;;(H,2,3)/q;+1;/p-1/t15-;;/m1../s1. The van der Waals surface area contributed by atoms with Gasteiger partial charge in [0.25, 0.3) is 0 Å². The predicted octanol–water partition coefficient (Wildman–Crippen LogP) is 2.82. The zero-order valence-electron chi connectivity index (χ0n) is 16.1. The van der Waals surface area contributed by atoms with Crippen LogP contribution in [0.5, 0.6) is 0 Å². The van der Waals surface area contributed by atoms with Gasteiger partial charge < -0.3 is 0 Å². The maximum atomic E-state index is 11.9. The molecule has 1 atom stereocenters. The summed E-state index contributed by atoms with van der Waals surface area (Å²) >= 11 is -1.24. The van der Waals surface area contributed by atoms with Gasteiger partial charge in [-0.15, -0.1) is 0 Å². The van der Waals surface area contributed by atoms with Crippen LogP contribution in [0.3, 0.4) is 0 Å². The Bertz CT molecular complexity index is 681. The second-order valence-corrected chi connectivity index (χ2v) is 15.8. The number of nitrogens with zero attached hydrogens (tertiary/aromatic N) is 3. The summed E-state index contributed by atoms with van der Waals surface area (Å²) < 4.78 is 13.1. The molecular weight excluding hydrogens is 469 g/mol. The number of aliphatic imine (C=N–C) groups is 1. The van der Waals surface area contributed by atoms with E-state index in [-0.39, 0.29) is 12.0 Å². The molecule has 0 amide bonds. The van der Waals surface area contributed by atoms with Gasteiger partial charge >= 0.3 is 173 Å².